The normalized spacial score (nSPS) is 25.1. The van der Waals surface area contributed by atoms with E-state index in [1.807, 2.05) is 6.92 Å². The smallest absolute Gasteiger partial charge is 0.0675 e. The average Bonchev–Trinajstić information content (AvgIpc) is 1.94. The predicted molar refractivity (Wildman–Crippen MR) is 65.1 cm³/mol. The Morgan fingerprint density at radius 3 is 2.13 bits per heavy atom. The minimum atomic E-state index is 0.168. The van der Waals surface area contributed by atoms with Gasteiger partial charge in [0.2, 0.25) is 0 Å². The molecule has 1 aliphatic heterocycles. The highest BCUT2D eigenvalue weighted by Gasteiger charge is 2.37. The van der Waals surface area contributed by atoms with Crippen LogP contribution in [0.25, 0.3) is 0 Å². The van der Waals surface area contributed by atoms with E-state index in [9.17, 15) is 0 Å². The van der Waals surface area contributed by atoms with Crippen molar-refractivity contribution in [2.75, 3.05) is 6.61 Å². The summed E-state index contributed by atoms with van der Waals surface area (Å²) in [6, 6.07) is 0. The van der Waals surface area contributed by atoms with Gasteiger partial charge in [-0.3, -0.25) is 0 Å². The van der Waals surface area contributed by atoms with E-state index in [1.54, 1.807) is 0 Å². The molecule has 1 heterocycles. The minimum absolute atomic E-state index is 0.168. The average molecular weight is 211 g/mol. The molecule has 0 atom stereocenters. The first kappa shape index (κ1) is 12.7. The number of nitrogens with one attached hydrogen (secondary N) is 1. The summed E-state index contributed by atoms with van der Waals surface area (Å²) in [5.41, 5.74) is 1.44. The van der Waals surface area contributed by atoms with E-state index < -0.39 is 0 Å². The third-order valence-corrected chi connectivity index (χ3v) is 2.72. The molecule has 0 amide bonds. The van der Waals surface area contributed by atoms with Crippen molar-refractivity contribution in [3.63, 3.8) is 0 Å². The molecule has 88 valence electrons. The summed E-state index contributed by atoms with van der Waals surface area (Å²) >= 11 is 0. The Hall–Kier alpha value is -0.340. The maximum absolute atomic E-state index is 5.88. The van der Waals surface area contributed by atoms with Gasteiger partial charge in [-0.15, -0.1) is 0 Å². The van der Waals surface area contributed by atoms with E-state index in [0.717, 1.165) is 18.4 Å². The summed E-state index contributed by atoms with van der Waals surface area (Å²) in [5, 5.41) is 3.65. The van der Waals surface area contributed by atoms with Gasteiger partial charge >= 0.3 is 0 Å². The Bertz CT molecular complexity index is 227. The molecule has 1 fully saturated rings. The van der Waals surface area contributed by atoms with E-state index in [4.69, 9.17) is 4.74 Å². The van der Waals surface area contributed by atoms with Gasteiger partial charge in [-0.2, -0.15) is 0 Å². The van der Waals surface area contributed by atoms with Crippen LogP contribution in [0.15, 0.2) is 12.2 Å². The molecule has 0 aromatic rings. The molecule has 0 aromatic carbocycles. The fourth-order valence-corrected chi connectivity index (χ4v) is 2.61. The van der Waals surface area contributed by atoms with Crippen LogP contribution in [-0.4, -0.2) is 23.8 Å². The van der Waals surface area contributed by atoms with E-state index in [1.165, 1.54) is 0 Å². The monoisotopic (exact) mass is 211 g/mol. The van der Waals surface area contributed by atoms with Gasteiger partial charge in [0, 0.05) is 11.1 Å². The maximum atomic E-state index is 5.88. The third kappa shape index (κ3) is 4.35. The van der Waals surface area contributed by atoms with Crippen LogP contribution in [0.5, 0.6) is 0 Å². The Morgan fingerprint density at radius 2 is 1.73 bits per heavy atom. The van der Waals surface area contributed by atoms with Crippen LogP contribution in [0.3, 0.4) is 0 Å². The van der Waals surface area contributed by atoms with Gasteiger partial charge in [-0.05, 0) is 47.5 Å². The second kappa shape index (κ2) is 4.26. The molecule has 0 aliphatic carbocycles. The molecule has 0 aromatic heterocycles. The van der Waals surface area contributed by atoms with Crippen LogP contribution >= 0.6 is 0 Å². The maximum Gasteiger partial charge on any atom is 0.0675 e. The minimum Gasteiger partial charge on any atom is -0.374 e. The molecule has 1 aliphatic rings. The van der Waals surface area contributed by atoms with E-state index in [0.29, 0.717) is 12.7 Å². The lowest BCUT2D eigenvalue weighted by molar-refractivity contribution is -0.0121. The van der Waals surface area contributed by atoms with Crippen LogP contribution < -0.4 is 5.32 Å². The fraction of sp³-hybridized carbons (Fsp3) is 0.846. The Balaban J connectivity index is 2.55. The van der Waals surface area contributed by atoms with Crippen LogP contribution in [0.4, 0.5) is 0 Å². The van der Waals surface area contributed by atoms with E-state index >= 15 is 0 Å². The summed E-state index contributed by atoms with van der Waals surface area (Å²) in [7, 11) is 0. The quantitative estimate of drug-likeness (QED) is 0.725. The van der Waals surface area contributed by atoms with Crippen molar-refractivity contribution in [2.45, 2.75) is 64.6 Å². The second-order valence-electron chi connectivity index (χ2n) is 6.19. The molecule has 0 saturated carbocycles. The molecule has 1 N–H and O–H groups in total. The highest BCUT2D eigenvalue weighted by Crippen LogP contribution is 2.30. The van der Waals surface area contributed by atoms with Crippen molar-refractivity contribution < 1.29 is 4.74 Å². The largest absolute Gasteiger partial charge is 0.374 e. The predicted octanol–water partition coefficient (Wildman–Crippen LogP) is 2.89. The van der Waals surface area contributed by atoms with Gasteiger partial charge in [0.25, 0.3) is 0 Å². The molecule has 0 radical (unpaired) electrons. The van der Waals surface area contributed by atoms with Gasteiger partial charge in [0.15, 0.2) is 0 Å². The Kier molecular flexibility index (Phi) is 3.62. The Morgan fingerprint density at radius 1 is 1.27 bits per heavy atom. The molecule has 0 spiro atoms. The molecule has 0 bridgehead atoms. The SMILES string of the molecule is C=C(C)COC1CC(C)(C)NC(C)(C)C1. The topological polar surface area (TPSA) is 21.3 Å². The number of hydrogen-bond acceptors (Lipinski definition) is 2. The van der Waals surface area contributed by atoms with Crippen molar-refractivity contribution in [2.24, 2.45) is 0 Å². The summed E-state index contributed by atoms with van der Waals surface area (Å²) in [6.45, 7) is 15.5. The second-order valence-corrected chi connectivity index (χ2v) is 6.19. The molecule has 15 heavy (non-hydrogen) atoms. The van der Waals surface area contributed by atoms with Gasteiger partial charge in [0.05, 0.1) is 12.7 Å². The highest BCUT2D eigenvalue weighted by molar-refractivity contribution is 4.98. The first-order valence-electron chi connectivity index (χ1n) is 5.76. The van der Waals surface area contributed by atoms with E-state index in [-0.39, 0.29) is 11.1 Å². The lowest BCUT2D eigenvalue weighted by atomic mass is 9.81. The third-order valence-electron chi connectivity index (χ3n) is 2.72. The summed E-state index contributed by atoms with van der Waals surface area (Å²) in [4.78, 5) is 0. The molecule has 2 heteroatoms. The van der Waals surface area contributed by atoms with Gasteiger partial charge in [-0.25, -0.2) is 0 Å². The molecule has 1 saturated heterocycles. The fourth-order valence-electron chi connectivity index (χ4n) is 2.61. The van der Waals surface area contributed by atoms with Crippen LogP contribution in [-0.2, 0) is 4.74 Å². The molecule has 2 nitrogen and oxygen atoms in total. The highest BCUT2D eigenvalue weighted by atomic mass is 16.5. The Labute approximate surface area is 94.1 Å². The first-order chi connectivity index (χ1) is 6.70. The zero-order valence-corrected chi connectivity index (χ0v) is 10.8. The van der Waals surface area contributed by atoms with Gasteiger partial charge in [0.1, 0.15) is 0 Å². The summed E-state index contributed by atoms with van der Waals surface area (Å²) in [6.07, 6.45) is 2.50. The number of hydrogen-bond donors (Lipinski definition) is 1. The van der Waals surface area contributed by atoms with Gasteiger partial charge < -0.3 is 10.1 Å². The number of piperidine rings is 1. The van der Waals surface area contributed by atoms with Crippen molar-refractivity contribution in [3.05, 3.63) is 12.2 Å². The first-order valence-corrected chi connectivity index (χ1v) is 5.76. The number of rotatable bonds is 3. The zero-order chi connectivity index (χ0) is 11.7. The standard InChI is InChI=1S/C13H25NO/c1-10(2)9-15-11-7-12(3,4)14-13(5,6)8-11/h11,14H,1,7-9H2,2-6H3. The lowest BCUT2D eigenvalue weighted by Gasteiger charge is -2.46. The van der Waals surface area contributed by atoms with Crippen molar-refractivity contribution in [1.29, 1.82) is 0 Å². The van der Waals surface area contributed by atoms with Crippen LogP contribution in [0.1, 0.15) is 47.5 Å². The summed E-state index contributed by atoms with van der Waals surface area (Å²) in [5.74, 6) is 0. The lowest BCUT2D eigenvalue weighted by Crippen LogP contribution is -2.59. The molecule has 1 rings (SSSR count). The molecular formula is C13H25NO. The molecule has 0 unspecified atom stereocenters. The van der Waals surface area contributed by atoms with Crippen molar-refractivity contribution in [1.82, 2.24) is 5.32 Å². The van der Waals surface area contributed by atoms with Crippen molar-refractivity contribution in [3.8, 4) is 0 Å². The van der Waals surface area contributed by atoms with Crippen molar-refractivity contribution >= 4 is 0 Å². The van der Waals surface area contributed by atoms with E-state index in [2.05, 4.69) is 39.6 Å². The van der Waals surface area contributed by atoms with Gasteiger partial charge in [-0.1, -0.05) is 12.2 Å². The summed E-state index contributed by atoms with van der Waals surface area (Å²) < 4.78 is 5.88. The number of ether oxygens (including phenoxy) is 1. The molecular weight excluding hydrogens is 186 g/mol. The zero-order valence-electron chi connectivity index (χ0n) is 10.8. The van der Waals surface area contributed by atoms with Crippen LogP contribution in [0.2, 0.25) is 0 Å². The van der Waals surface area contributed by atoms with Crippen LogP contribution in [0, 0.1) is 0 Å².